The van der Waals surface area contributed by atoms with Gasteiger partial charge in [-0.3, -0.25) is 4.90 Å². The Morgan fingerprint density at radius 1 is 1.19 bits per heavy atom. The molecule has 0 bridgehead atoms. The standard InChI is InChI=1S/C28H28ClF5N6O2/c1-39-17-4-2-5-18(17)42-25-19-23(21(31)22(36-25)15-8-14(35)9-16(29)20(15)28(32,33)34)37-26(38-24(19)39)41-12-27-6-3-7-40(27)11-13(30)10-27/h8-9,13,17-18H,2-7,10-12,35H2,1H3/t13-,17?,18?,27+/m1/s1. The van der Waals surface area contributed by atoms with E-state index in [0.717, 1.165) is 44.4 Å². The van der Waals surface area contributed by atoms with E-state index in [2.05, 4.69) is 19.9 Å². The van der Waals surface area contributed by atoms with Gasteiger partial charge in [0.1, 0.15) is 41.3 Å². The molecule has 42 heavy (non-hydrogen) atoms. The van der Waals surface area contributed by atoms with Gasteiger partial charge in [0.15, 0.2) is 5.82 Å². The molecule has 7 rings (SSSR count). The summed E-state index contributed by atoms with van der Waals surface area (Å²) in [6, 6.07) is 1.66. The van der Waals surface area contributed by atoms with Gasteiger partial charge in [0, 0.05) is 31.3 Å². The Hall–Kier alpha value is -3.19. The van der Waals surface area contributed by atoms with Crippen LogP contribution >= 0.6 is 11.6 Å². The van der Waals surface area contributed by atoms with Gasteiger partial charge in [0.2, 0.25) is 5.88 Å². The summed E-state index contributed by atoms with van der Waals surface area (Å²) >= 11 is 5.99. The van der Waals surface area contributed by atoms with E-state index in [1.807, 2.05) is 4.90 Å². The van der Waals surface area contributed by atoms with E-state index in [1.165, 1.54) is 0 Å². The van der Waals surface area contributed by atoms with Crippen molar-refractivity contribution in [3.05, 3.63) is 28.5 Å². The normalized spacial score (nSPS) is 27.2. The van der Waals surface area contributed by atoms with Gasteiger partial charge in [-0.05, 0) is 50.8 Å². The molecule has 8 nitrogen and oxygen atoms in total. The zero-order valence-corrected chi connectivity index (χ0v) is 23.4. The highest BCUT2D eigenvalue weighted by molar-refractivity contribution is 6.32. The van der Waals surface area contributed by atoms with Crippen molar-refractivity contribution in [1.29, 1.82) is 0 Å². The molecule has 1 aliphatic carbocycles. The van der Waals surface area contributed by atoms with E-state index in [9.17, 15) is 17.6 Å². The van der Waals surface area contributed by atoms with E-state index in [4.69, 9.17) is 26.8 Å². The SMILES string of the molecule is CN1c2nc(OC[C@@]34CCCN3C[C@H](F)C4)nc3c(F)c(-c4cc(N)cc(Cl)c4C(F)(F)F)nc(c23)OC2CCCC21. The minimum absolute atomic E-state index is 0.0764. The molecule has 0 spiro atoms. The highest BCUT2D eigenvalue weighted by atomic mass is 35.5. The van der Waals surface area contributed by atoms with Gasteiger partial charge in [-0.2, -0.15) is 23.1 Å². The van der Waals surface area contributed by atoms with Crippen molar-refractivity contribution in [1.82, 2.24) is 19.9 Å². The highest BCUT2D eigenvalue weighted by Gasteiger charge is 2.49. The first-order valence-corrected chi connectivity index (χ1v) is 14.3. The number of pyridine rings is 1. The first kappa shape index (κ1) is 27.6. The summed E-state index contributed by atoms with van der Waals surface area (Å²) in [5.41, 5.74) is 2.40. The maximum Gasteiger partial charge on any atom is 0.418 e. The number of hydrogen-bond acceptors (Lipinski definition) is 8. The molecule has 3 aliphatic heterocycles. The van der Waals surface area contributed by atoms with Crippen LogP contribution in [0.5, 0.6) is 11.9 Å². The molecule has 0 amide bonds. The molecule has 5 heterocycles. The second-order valence-corrected chi connectivity index (χ2v) is 12.1. The smallest absolute Gasteiger partial charge is 0.418 e. The lowest BCUT2D eigenvalue weighted by molar-refractivity contribution is -0.137. The number of alkyl halides is 4. The van der Waals surface area contributed by atoms with Crippen LogP contribution in [0, 0.1) is 5.82 Å². The van der Waals surface area contributed by atoms with Gasteiger partial charge in [0.05, 0.1) is 22.2 Å². The molecule has 1 saturated carbocycles. The van der Waals surface area contributed by atoms with E-state index in [0.29, 0.717) is 25.2 Å². The van der Waals surface area contributed by atoms with Crippen LogP contribution in [-0.4, -0.2) is 70.5 Å². The summed E-state index contributed by atoms with van der Waals surface area (Å²) in [5, 5.41) is -0.550. The Balaban J connectivity index is 1.41. The average molecular weight is 611 g/mol. The Labute approximate surface area is 242 Å². The third kappa shape index (κ3) is 4.30. The molecular formula is C28H28ClF5N6O2. The molecular weight excluding hydrogens is 583 g/mol. The van der Waals surface area contributed by atoms with Crippen molar-refractivity contribution in [2.45, 2.75) is 68.6 Å². The number of likely N-dealkylation sites (N-methyl/N-ethyl adjacent to an activating group) is 1. The van der Waals surface area contributed by atoms with E-state index < -0.39 is 45.5 Å². The van der Waals surface area contributed by atoms with Crippen molar-refractivity contribution >= 4 is 34.0 Å². The highest BCUT2D eigenvalue weighted by Crippen LogP contribution is 2.48. The molecule has 0 radical (unpaired) electrons. The number of anilines is 2. The summed E-state index contributed by atoms with van der Waals surface area (Å²) in [4.78, 5) is 17.2. The lowest BCUT2D eigenvalue weighted by Crippen LogP contribution is -2.43. The summed E-state index contributed by atoms with van der Waals surface area (Å²) in [7, 11) is 1.81. The maximum absolute atomic E-state index is 16.5. The number of rotatable bonds is 4. The van der Waals surface area contributed by atoms with Crippen LogP contribution in [-0.2, 0) is 6.18 Å². The Morgan fingerprint density at radius 2 is 2.00 bits per heavy atom. The number of nitrogens with two attached hydrogens (primary N) is 1. The van der Waals surface area contributed by atoms with Crippen LogP contribution in [0.15, 0.2) is 12.1 Å². The van der Waals surface area contributed by atoms with Gasteiger partial charge in [-0.1, -0.05) is 11.6 Å². The summed E-state index contributed by atoms with van der Waals surface area (Å²) in [6.07, 6.45) is -1.99. The second kappa shape index (κ2) is 9.66. The lowest BCUT2D eigenvalue weighted by atomic mass is 9.95. The summed E-state index contributed by atoms with van der Waals surface area (Å²) in [6.45, 7) is 1.18. The molecule has 3 aromatic rings. The summed E-state index contributed by atoms with van der Waals surface area (Å²) < 4.78 is 85.6. The Morgan fingerprint density at radius 3 is 2.79 bits per heavy atom. The minimum atomic E-state index is -4.93. The zero-order chi connectivity index (χ0) is 29.6. The Bertz CT molecular complexity index is 1590. The number of aromatic nitrogens is 3. The fourth-order valence-electron chi connectivity index (χ4n) is 7.22. The van der Waals surface area contributed by atoms with E-state index in [-0.39, 0.29) is 47.2 Å². The number of halogens is 6. The topological polar surface area (TPSA) is 89.6 Å². The molecule has 224 valence electrons. The predicted molar refractivity (Wildman–Crippen MR) is 146 cm³/mol. The number of fused-ring (bicyclic) bond motifs is 2. The monoisotopic (exact) mass is 610 g/mol. The second-order valence-electron chi connectivity index (χ2n) is 11.7. The van der Waals surface area contributed by atoms with Crippen molar-refractivity contribution in [2.24, 2.45) is 0 Å². The largest absolute Gasteiger partial charge is 0.472 e. The van der Waals surface area contributed by atoms with Crippen LogP contribution in [0.4, 0.5) is 33.5 Å². The molecule has 2 saturated heterocycles. The van der Waals surface area contributed by atoms with Crippen LogP contribution in [0.25, 0.3) is 22.2 Å². The Kier molecular flexibility index (Phi) is 6.36. The minimum Gasteiger partial charge on any atom is -0.472 e. The van der Waals surface area contributed by atoms with Gasteiger partial charge >= 0.3 is 12.2 Å². The quantitative estimate of drug-likeness (QED) is 0.293. The fraction of sp³-hybridized carbons (Fsp3) is 0.536. The van der Waals surface area contributed by atoms with Gasteiger partial charge in [0.25, 0.3) is 0 Å². The molecule has 14 heteroatoms. The van der Waals surface area contributed by atoms with Crippen LogP contribution < -0.4 is 20.1 Å². The molecule has 2 N–H and O–H groups in total. The molecule has 1 aromatic carbocycles. The molecule has 2 unspecified atom stereocenters. The van der Waals surface area contributed by atoms with E-state index >= 15 is 4.39 Å². The average Bonchev–Trinajstić information content (AvgIpc) is 3.59. The number of benzene rings is 1. The molecule has 3 fully saturated rings. The van der Waals surface area contributed by atoms with Crippen molar-refractivity contribution in [2.75, 3.05) is 37.4 Å². The number of hydrogen-bond donors (Lipinski definition) is 1. The fourth-order valence-corrected chi connectivity index (χ4v) is 7.56. The van der Waals surface area contributed by atoms with Crippen LogP contribution in [0.3, 0.4) is 0 Å². The van der Waals surface area contributed by atoms with Crippen LogP contribution in [0.2, 0.25) is 5.02 Å². The molecule has 2 aromatic heterocycles. The van der Waals surface area contributed by atoms with E-state index in [1.54, 1.807) is 7.05 Å². The molecule has 4 atom stereocenters. The number of ether oxygens (including phenoxy) is 2. The van der Waals surface area contributed by atoms with Gasteiger partial charge < -0.3 is 20.1 Å². The first-order chi connectivity index (χ1) is 19.9. The zero-order valence-electron chi connectivity index (χ0n) is 22.6. The van der Waals surface area contributed by atoms with Gasteiger partial charge in [-0.25, -0.2) is 13.8 Å². The lowest BCUT2D eigenvalue weighted by Gasteiger charge is -2.31. The first-order valence-electron chi connectivity index (χ1n) is 13.9. The van der Waals surface area contributed by atoms with Crippen molar-refractivity contribution in [3.63, 3.8) is 0 Å². The number of nitrogen functional groups attached to an aromatic ring is 1. The number of nitrogens with zero attached hydrogens (tertiary/aromatic N) is 5. The summed E-state index contributed by atoms with van der Waals surface area (Å²) in [5.74, 6) is -0.897. The molecule has 4 aliphatic rings. The van der Waals surface area contributed by atoms with Gasteiger partial charge in [-0.15, -0.1) is 0 Å². The third-order valence-corrected chi connectivity index (χ3v) is 9.40. The predicted octanol–water partition coefficient (Wildman–Crippen LogP) is 5.79. The maximum atomic E-state index is 16.5. The van der Waals surface area contributed by atoms with Crippen LogP contribution in [0.1, 0.15) is 44.1 Å². The third-order valence-electron chi connectivity index (χ3n) is 9.11. The van der Waals surface area contributed by atoms with Crippen molar-refractivity contribution in [3.8, 4) is 23.1 Å². The van der Waals surface area contributed by atoms with Crippen molar-refractivity contribution < 1.29 is 31.4 Å².